The second kappa shape index (κ2) is 6.58. The fourth-order valence-corrected chi connectivity index (χ4v) is 2.47. The van der Waals surface area contributed by atoms with E-state index in [0.29, 0.717) is 13.0 Å². The van der Waals surface area contributed by atoms with Crippen molar-refractivity contribution < 1.29 is 24.2 Å². The average molecular weight is 293 g/mol. The molecule has 0 aromatic heterocycles. The standard InChI is InChI=1S/C15H19NO5/c1-20-11-15(13(17)18)7-8-16(10-15)14(19)21-9-12-5-3-2-4-6-12/h2-6H,7-11H2,1H3,(H,17,18)/t15-/m1/s1. The molecule has 1 heterocycles. The monoisotopic (exact) mass is 293 g/mol. The highest BCUT2D eigenvalue weighted by Crippen LogP contribution is 2.31. The molecule has 1 aromatic rings. The topological polar surface area (TPSA) is 76.1 Å². The molecule has 1 aliphatic heterocycles. The summed E-state index contributed by atoms with van der Waals surface area (Å²) in [6, 6.07) is 9.35. The number of carbonyl (C=O) groups is 2. The number of hydrogen-bond acceptors (Lipinski definition) is 4. The summed E-state index contributed by atoms with van der Waals surface area (Å²) < 4.78 is 10.2. The first-order chi connectivity index (χ1) is 10.1. The van der Waals surface area contributed by atoms with Crippen molar-refractivity contribution in [3.63, 3.8) is 0 Å². The predicted molar refractivity (Wildman–Crippen MR) is 74.8 cm³/mol. The Labute approximate surface area is 123 Å². The van der Waals surface area contributed by atoms with Gasteiger partial charge < -0.3 is 19.5 Å². The summed E-state index contributed by atoms with van der Waals surface area (Å²) >= 11 is 0. The maximum Gasteiger partial charge on any atom is 0.410 e. The van der Waals surface area contributed by atoms with E-state index in [4.69, 9.17) is 9.47 Å². The molecule has 1 amide bonds. The zero-order valence-corrected chi connectivity index (χ0v) is 11.9. The fraction of sp³-hybridized carbons (Fsp3) is 0.467. The summed E-state index contributed by atoms with van der Waals surface area (Å²) in [5, 5.41) is 9.34. The lowest BCUT2D eigenvalue weighted by Crippen LogP contribution is -2.40. The van der Waals surface area contributed by atoms with Crippen LogP contribution >= 0.6 is 0 Å². The number of likely N-dealkylation sites (tertiary alicyclic amines) is 1. The molecule has 0 aliphatic carbocycles. The lowest BCUT2D eigenvalue weighted by atomic mass is 9.88. The Hall–Kier alpha value is -2.08. The minimum Gasteiger partial charge on any atom is -0.481 e. The number of nitrogens with zero attached hydrogens (tertiary/aromatic N) is 1. The number of benzene rings is 1. The van der Waals surface area contributed by atoms with Gasteiger partial charge in [-0.3, -0.25) is 4.79 Å². The highest BCUT2D eigenvalue weighted by Gasteiger charge is 2.46. The Bertz CT molecular complexity index is 504. The summed E-state index contributed by atoms with van der Waals surface area (Å²) in [5.41, 5.74) is -0.132. The van der Waals surface area contributed by atoms with Gasteiger partial charge in [-0.05, 0) is 12.0 Å². The Morgan fingerprint density at radius 2 is 2.05 bits per heavy atom. The Morgan fingerprint density at radius 3 is 2.67 bits per heavy atom. The highest BCUT2D eigenvalue weighted by atomic mass is 16.6. The van der Waals surface area contributed by atoms with E-state index in [1.54, 1.807) is 0 Å². The molecule has 1 N–H and O–H groups in total. The zero-order valence-electron chi connectivity index (χ0n) is 11.9. The minimum absolute atomic E-state index is 0.0881. The Balaban J connectivity index is 1.91. The largest absolute Gasteiger partial charge is 0.481 e. The van der Waals surface area contributed by atoms with Crippen molar-refractivity contribution in [3.05, 3.63) is 35.9 Å². The molecule has 0 radical (unpaired) electrons. The fourth-order valence-electron chi connectivity index (χ4n) is 2.47. The molecule has 1 aliphatic rings. The molecule has 0 saturated carbocycles. The number of rotatable bonds is 5. The van der Waals surface area contributed by atoms with Gasteiger partial charge in [-0.25, -0.2) is 4.79 Å². The first-order valence-electron chi connectivity index (χ1n) is 6.75. The van der Waals surface area contributed by atoms with Crippen LogP contribution < -0.4 is 0 Å². The van der Waals surface area contributed by atoms with Crippen LogP contribution in [0.15, 0.2) is 30.3 Å². The van der Waals surface area contributed by atoms with E-state index in [0.717, 1.165) is 5.56 Å². The van der Waals surface area contributed by atoms with Crippen LogP contribution in [0.25, 0.3) is 0 Å². The lowest BCUT2D eigenvalue weighted by molar-refractivity contribution is -0.151. The molecule has 0 unspecified atom stereocenters. The molecule has 1 fully saturated rings. The quantitative estimate of drug-likeness (QED) is 0.895. The number of carboxylic acid groups (broad SMARTS) is 1. The molecule has 1 saturated heterocycles. The molecule has 21 heavy (non-hydrogen) atoms. The van der Waals surface area contributed by atoms with Crippen LogP contribution in [0, 0.1) is 5.41 Å². The number of hydrogen-bond donors (Lipinski definition) is 1. The van der Waals surface area contributed by atoms with Crippen molar-refractivity contribution in [2.45, 2.75) is 13.0 Å². The van der Waals surface area contributed by atoms with E-state index in [1.807, 2.05) is 30.3 Å². The summed E-state index contributed by atoms with van der Waals surface area (Å²) in [7, 11) is 1.46. The van der Waals surface area contributed by atoms with Gasteiger partial charge in [0.1, 0.15) is 12.0 Å². The van der Waals surface area contributed by atoms with E-state index in [-0.39, 0.29) is 19.8 Å². The number of carboxylic acids is 1. The molecule has 6 nitrogen and oxygen atoms in total. The molecule has 0 spiro atoms. The van der Waals surface area contributed by atoms with Crippen molar-refractivity contribution in [1.29, 1.82) is 0 Å². The van der Waals surface area contributed by atoms with Crippen LogP contribution in [0.3, 0.4) is 0 Å². The van der Waals surface area contributed by atoms with Gasteiger partial charge in [0, 0.05) is 20.2 Å². The van der Waals surface area contributed by atoms with E-state index in [2.05, 4.69) is 0 Å². The minimum atomic E-state index is -1.03. The van der Waals surface area contributed by atoms with Gasteiger partial charge in [-0.1, -0.05) is 30.3 Å². The summed E-state index contributed by atoms with van der Waals surface area (Å²) in [5.74, 6) is -0.942. The van der Waals surface area contributed by atoms with E-state index >= 15 is 0 Å². The van der Waals surface area contributed by atoms with Gasteiger partial charge in [0.2, 0.25) is 0 Å². The first kappa shape index (κ1) is 15.3. The van der Waals surface area contributed by atoms with Gasteiger partial charge >= 0.3 is 12.1 Å². The molecule has 2 rings (SSSR count). The normalized spacial score (nSPS) is 21.3. The van der Waals surface area contributed by atoms with Crippen molar-refractivity contribution >= 4 is 12.1 Å². The molecule has 1 atom stereocenters. The van der Waals surface area contributed by atoms with Crippen molar-refractivity contribution in [2.24, 2.45) is 5.41 Å². The summed E-state index contributed by atoms with van der Waals surface area (Å²) in [6.45, 7) is 0.748. The predicted octanol–water partition coefficient (Wildman–Crippen LogP) is 1.75. The van der Waals surface area contributed by atoms with Gasteiger partial charge in [0.15, 0.2) is 0 Å². The number of carbonyl (C=O) groups excluding carboxylic acids is 1. The van der Waals surface area contributed by atoms with E-state index < -0.39 is 17.5 Å². The molecular weight excluding hydrogens is 274 g/mol. The SMILES string of the molecule is COC[C@@]1(C(=O)O)CCN(C(=O)OCc2ccccc2)C1. The van der Waals surface area contributed by atoms with Gasteiger partial charge in [-0.2, -0.15) is 0 Å². The Kier molecular flexibility index (Phi) is 4.80. The van der Waals surface area contributed by atoms with Gasteiger partial charge in [0.05, 0.1) is 6.61 Å². The van der Waals surface area contributed by atoms with Crippen molar-refractivity contribution in [1.82, 2.24) is 4.90 Å². The summed E-state index contributed by atoms with van der Waals surface area (Å²) in [6.07, 6.45) is -0.116. The number of methoxy groups -OCH3 is 1. The highest BCUT2D eigenvalue weighted by molar-refractivity contribution is 5.78. The molecule has 6 heteroatoms. The van der Waals surface area contributed by atoms with Crippen LogP contribution in [0.5, 0.6) is 0 Å². The Morgan fingerprint density at radius 1 is 1.33 bits per heavy atom. The number of amides is 1. The maximum atomic E-state index is 12.0. The number of aliphatic carboxylic acids is 1. The second-order valence-electron chi connectivity index (χ2n) is 5.23. The maximum absolute atomic E-state index is 12.0. The van der Waals surface area contributed by atoms with Gasteiger partial charge in [0.25, 0.3) is 0 Å². The molecule has 0 bridgehead atoms. The zero-order chi connectivity index (χ0) is 15.3. The van der Waals surface area contributed by atoms with Crippen LogP contribution in [-0.4, -0.2) is 48.9 Å². The smallest absolute Gasteiger partial charge is 0.410 e. The molecule has 1 aromatic carbocycles. The van der Waals surface area contributed by atoms with Crippen LogP contribution in [0.2, 0.25) is 0 Å². The first-order valence-corrected chi connectivity index (χ1v) is 6.75. The third kappa shape index (κ3) is 3.52. The molecular formula is C15H19NO5. The van der Waals surface area contributed by atoms with Crippen molar-refractivity contribution in [2.75, 3.05) is 26.8 Å². The number of ether oxygens (including phenoxy) is 2. The van der Waals surface area contributed by atoms with E-state index in [1.165, 1.54) is 12.0 Å². The summed E-state index contributed by atoms with van der Waals surface area (Å²) in [4.78, 5) is 24.8. The second-order valence-corrected chi connectivity index (χ2v) is 5.23. The van der Waals surface area contributed by atoms with Crippen LogP contribution in [0.4, 0.5) is 4.79 Å². The third-order valence-corrected chi connectivity index (χ3v) is 3.69. The lowest BCUT2D eigenvalue weighted by Gasteiger charge is -2.23. The van der Waals surface area contributed by atoms with Gasteiger partial charge in [-0.15, -0.1) is 0 Å². The van der Waals surface area contributed by atoms with Crippen LogP contribution in [0.1, 0.15) is 12.0 Å². The van der Waals surface area contributed by atoms with Crippen molar-refractivity contribution in [3.8, 4) is 0 Å². The average Bonchev–Trinajstić information content (AvgIpc) is 2.92. The van der Waals surface area contributed by atoms with Crippen LogP contribution in [-0.2, 0) is 20.9 Å². The molecule has 114 valence electrons. The van der Waals surface area contributed by atoms with E-state index in [9.17, 15) is 14.7 Å². The third-order valence-electron chi connectivity index (χ3n) is 3.69.